The summed E-state index contributed by atoms with van der Waals surface area (Å²) in [6.45, 7) is 13.0. The Hall–Kier alpha value is -2.13. The Morgan fingerprint density at radius 3 is 2.54 bits per heavy atom. The highest BCUT2D eigenvalue weighted by atomic mass is 16.5. The molecule has 6 heteroatoms. The molecule has 2 bridgehead atoms. The van der Waals surface area contributed by atoms with E-state index in [4.69, 9.17) is 11.2 Å². The Bertz CT molecular complexity index is 1040. The van der Waals surface area contributed by atoms with Gasteiger partial charge in [0.05, 0.1) is 45.1 Å². The number of hydrogen-bond acceptors (Lipinski definition) is 4. The first kappa shape index (κ1) is 27.9. The first-order valence-electron chi connectivity index (χ1n) is 14.3. The van der Waals surface area contributed by atoms with Gasteiger partial charge in [-0.25, -0.2) is 0 Å². The summed E-state index contributed by atoms with van der Waals surface area (Å²) in [5.41, 5.74) is 1.31. The number of terminal acetylenes is 1. The molecule has 3 aliphatic carbocycles. The van der Waals surface area contributed by atoms with E-state index >= 15 is 0 Å². The Morgan fingerprint density at radius 1 is 1.22 bits per heavy atom. The summed E-state index contributed by atoms with van der Waals surface area (Å²) in [6, 6.07) is 0. The van der Waals surface area contributed by atoms with Gasteiger partial charge >= 0.3 is 5.97 Å². The van der Waals surface area contributed by atoms with Gasteiger partial charge in [0.15, 0.2) is 6.61 Å². The molecule has 0 aromatic rings. The molecular weight excluding hydrogens is 464 g/mol. The van der Waals surface area contributed by atoms with Crippen LogP contribution >= 0.6 is 0 Å². The van der Waals surface area contributed by atoms with Crippen LogP contribution in [0.1, 0.15) is 73.1 Å². The summed E-state index contributed by atoms with van der Waals surface area (Å²) < 4.78 is 6.27. The smallest absolute Gasteiger partial charge is 0.313 e. The number of fused-ring (bicyclic) bond motifs is 5. The highest BCUT2D eigenvalue weighted by Gasteiger charge is 2.63. The van der Waals surface area contributed by atoms with Crippen LogP contribution in [0.5, 0.6) is 0 Å². The van der Waals surface area contributed by atoms with Crippen LogP contribution in [0.3, 0.4) is 0 Å². The number of carbonyl (C=O) groups excluding carboxylic acids is 3. The molecule has 0 spiro atoms. The second-order valence-corrected chi connectivity index (χ2v) is 13.5. The van der Waals surface area contributed by atoms with Crippen molar-refractivity contribution in [3.05, 3.63) is 11.1 Å². The third-order valence-electron chi connectivity index (χ3n) is 10.8. The van der Waals surface area contributed by atoms with E-state index in [0.29, 0.717) is 6.54 Å². The predicted molar refractivity (Wildman–Crippen MR) is 144 cm³/mol. The average molecular weight is 512 g/mol. The number of hydrogen-bond donors (Lipinski definition) is 0. The summed E-state index contributed by atoms with van der Waals surface area (Å²) in [5, 5.41) is 0. The number of likely N-dealkylation sites (N-methyl/N-ethyl adjacent to an activating group) is 1. The number of esters is 1. The second kappa shape index (κ2) is 9.88. The van der Waals surface area contributed by atoms with Gasteiger partial charge in [-0.1, -0.05) is 33.1 Å². The summed E-state index contributed by atoms with van der Waals surface area (Å²) >= 11 is 0. The molecule has 2 saturated carbocycles. The zero-order valence-corrected chi connectivity index (χ0v) is 24.1. The first-order valence-corrected chi connectivity index (χ1v) is 14.3. The third-order valence-corrected chi connectivity index (χ3v) is 10.8. The molecule has 4 rings (SSSR count). The largest absolute Gasteiger partial charge is 0.452 e. The van der Waals surface area contributed by atoms with E-state index in [9.17, 15) is 14.4 Å². The lowest BCUT2D eigenvalue weighted by Crippen LogP contribution is -2.61. The summed E-state index contributed by atoms with van der Waals surface area (Å²) in [6.07, 6.45) is 10.7. The fourth-order valence-corrected chi connectivity index (χ4v) is 8.49. The number of imide groups is 1. The summed E-state index contributed by atoms with van der Waals surface area (Å²) in [7, 11) is 4.29. The molecule has 0 saturated heterocycles. The van der Waals surface area contributed by atoms with Gasteiger partial charge in [-0.15, -0.1) is 6.42 Å². The standard InChI is InChI=1S/C31H47N2O4/c1-9-18-37-29(36)31(6)15-11-14-30(5)23-19-22-25(20(3)4)26(21(23)12-13-24(30)31)28(35)32(27(22)34)16-17-33(7,8)10-2/h1,20-24H,10-19H2,2-8H3/q+1. The van der Waals surface area contributed by atoms with Gasteiger partial charge in [0, 0.05) is 5.57 Å². The van der Waals surface area contributed by atoms with Crippen molar-refractivity contribution in [2.24, 2.45) is 40.4 Å². The van der Waals surface area contributed by atoms with Crippen molar-refractivity contribution in [2.75, 3.05) is 40.3 Å². The van der Waals surface area contributed by atoms with Crippen LogP contribution in [0.4, 0.5) is 0 Å². The Labute approximate surface area is 223 Å². The van der Waals surface area contributed by atoms with Crippen LogP contribution in [0.2, 0.25) is 0 Å². The molecule has 4 aliphatic rings. The molecule has 0 aromatic carbocycles. The number of likely N-dealkylation sites (tertiary alicyclic amines) is 1. The molecule has 2 fully saturated rings. The molecule has 0 N–H and O–H groups in total. The van der Waals surface area contributed by atoms with Crippen LogP contribution in [0.25, 0.3) is 0 Å². The van der Waals surface area contributed by atoms with Crippen LogP contribution in [-0.4, -0.2) is 67.5 Å². The van der Waals surface area contributed by atoms with E-state index in [1.54, 1.807) is 4.90 Å². The second-order valence-electron chi connectivity index (χ2n) is 13.5. The summed E-state index contributed by atoms with van der Waals surface area (Å²) in [4.78, 5) is 42.8. The Morgan fingerprint density at radius 2 is 1.92 bits per heavy atom. The van der Waals surface area contributed by atoms with E-state index < -0.39 is 5.41 Å². The fourth-order valence-electron chi connectivity index (χ4n) is 8.49. The van der Waals surface area contributed by atoms with Crippen LogP contribution in [0, 0.1) is 52.8 Å². The molecule has 2 amide bonds. The lowest BCUT2D eigenvalue weighted by molar-refractivity contribution is -0.887. The molecule has 6 unspecified atom stereocenters. The maximum atomic E-state index is 14.1. The molecule has 204 valence electrons. The minimum Gasteiger partial charge on any atom is -0.452 e. The average Bonchev–Trinajstić information content (AvgIpc) is 2.85. The minimum absolute atomic E-state index is 0.00299. The molecule has 1 aliphatic heterocycles. The number of ether oxygens (including phenoxy) is 1. The van der Waals surface area contributed by atoms with Gasteiger partial charge in [-0.2, -0.15) is 0 Å². The third kappa shape index (κ3) is 4.46. The summed E-state index contributed by atoms with van der Waals surface area (Å²) in [5.74, 6) is 2.64. The van der Waals surface area contributed by atoms with Crippen molar-refractivity contribution < 1.29 is 23.6 Å². The Balaban J connectivity index is 1.70. The van der Waals surface area contributed by atoms with Gasteiger partial charge in [-0.3, -0.25) is 19.3 Å². The zero-order chi connectivity index (χ0) is 27.3. The molecule has 1 heterocycles. The normalized spacial score (nSPS) is 35.7. The molecule has 0 radical (unpaired) electrons. The van der Waals surface area contributed by atoms with Crippen LogP contribution < -0.4 is 0 Å². The van der Waals surface area contributed by atoms with E-state index in [1.807, 2.05) is 0 Å². The van der Waals surface area contributed by atoms with E-state index in [0.717, 1.165) is 67.2 Å². The van der Waals surface area contributed by atoms with Crippen molar-refractivity contribution in [3.8, 4) is 12.3 Å². The highest BCUT2D eigenvalue weighted by molar-refractivity contribution is 6.10. The molecular formula is C31H47N2O4+. The van der Waals surface area contributed by atoms with Gasteiger partial charge < -0.3 is 9.22 Å². The fraction of sp³-hybridized carbons (Fsp3) is 0.774. The van der Waals surface area contributed by atoms with Gasteiger partial charge in [0.2, 0.25) is 5.91 Å². The first-order chi connectivity index (χ1) is 17.3. The maximum absolute atomic E-state index is 14.1. The predicted octanol–water partition coefficient (Wildman–Crippen LogP) is 4.44. The van der Waals surface area contributed by atoms with Gasteiger partial charge in [-0.05, 0) is 80.6 Å². The number of nitrogens with zero attached hydrogens (tertiary/aromatic N) is 2. The van der Waals surface area contributed by atoms with E-state index in [-0.39, 0.29) is 59.4 Å². The van der Waals surface area contributed by atoms with Gasteiger partial charge in [0.1, 0.15) is 0 Å². The maximum Gasteiger partial charge on any atom is 0.313 e. The van der Waals surface area contributed by atoms with Crippen LogP contribution in [0.15, 0.2) is 11.1 Å². The van der Waals surface area contributed by atoms with Crippen molar-refractivity contribution in [3.63, 3.8) is 0 Å². The van der Waals surface area contributed by atoms with Crippen LogP contribution in [-0.2, 0) is 19.1 Å². The highest BCUT2D eigenvalue weighted by Crippen LogP contribution is 2.66. The molecule has 6 atom stereocenters. The SMILES string of the molecule is C#CCOC(=O)C1(C)CCCC2(C)C3CC4C(=O)N(CC[N+](C)(C)CC)C(=O)C(=C4C(C)C)C3CCC12. The zero-order valence-electron chi connectivity index (χ0n) is 24.1. The van der Waals surface area contributed by atoms with Crippen molar-refractivity contribution >= 4 is 17.8 Å². The Kier molecular flexibility index (Phi) is 7.45. The lowest BCUT2D eigenvalue weighted by Gasteiger charge is -2.62. The number of amides is 2. The topological polar surface area (TPSA) is 63.7 Å². The lowest BCUT2D eigenvalue weighted by atomic mass is 9.42. The molecule has 6 nitrogen and oxygen atoms in total. The van der Waals surface area contributed by atoms with Crippen molar-refractivity contribution in [1.29, 1.82) is 0 Å². The van der Waals surface area contributed by atoms with E-state index in [1.165, 1.54) is 0 Å². The quantitative estimate of drug-likeness (QED) is 0.219. The number of quaternary nitrogens is 1. The molecule has 0 aromatic heterocycles. The number of carbonyl (C=O) groups is 3. The molecule has 37 heavy (non-hydrogen) atoms. The van der Waals surface area contributed by atoms with Crippen molar-refractivity contribution in [2.45, 2.75) is 73.1 Å². The minimum atomic E-state index is -0.583. The van der Waals surface area contributed by atoms with Gasteiger partial charge in [0.25, 0.3) is 5.91 Å². The number of rotatable bonds is 7. The van der Waals surface area contributed by atoms with Crippen molar-refractivity contribution in [1.82, 2.24) is 4.90 Å². The van der Waals surface area contributed by atoms with E-state index in [2.05, 4.69) is 54.6 Å². The monoisotopic (exact) mass is 511 g/mol.